The maximum atomic E-state index is 4.06. The van der Waals surface area contributed by atoms with Gasteiger partial charge in [0.15, 0.2) is 0 Å². The van der Waals surface area contributed by atoms with Crippen molar-refractivity contribution in [3.63, 3.8) is 0 Å². The molecule has 0 bridgehead atoms. The Hall–Kier alpha value is -4.20. The molecule has 0 aliphatic heterocycles. The molecule has 0 fully saturated rings. The molecule has 3 aliphatic rings. The summed E-state index contributed by atoms with van der Waals surface area (Å²) in [6.45, 7) is 29.3. The molecule has 0 spiro atoms. The largest absolute Gasteiger partial charge is 0.0654 e. The Kier molecular flexibility index (Phi) is 24.7. The molecule has 0 aromatic heterocycles. The molecule has 0 N–H and O–H groups in total. The summed E-state index contributed by atoms with van der Waals surface area (Å²) in [7, 11) is 0. The van der Waals surface area contributed by atoms with Crippen LogP contribution in [0.5, 0.6) is 0 Å². The van der Waals surface area contributed by atoms with Crippen molar-refractivity contribution in [2.24, 2.45) is 35.5 Å². The number of fused-ring (bicyclic) bond motifs is 9. The molecular formula is C87H121Br. The van der Waals surface area contributed by atoms with Crippen LogP contribution in [0, 0.1) is 35.5 Å². The van der Waals surface area contributed by atoms with Crippen LogP contribution in [-0.2, 0) is 16.2 Å². The number of hydrogen-bond donors (Lipinski definition) is 0. The molecule has 0 saturated heterocycles. The monoisotopic (exact) mass is 1240 g/mol. The SMILES string of the molecule is CCCCC(CC)CC1(CC(CC)CCCC)c2ccccc2-c2ccc(-c3ccc4c(c3)C(CC(CC)CCCC)(CC(CC)CCCC)c3cc(-c5ccc6c(c5)C(CC(CC)CCCC)(CC(CC)CCCC)c5cc(Br)ccc5-6)ccc3-4)cc21. The Morgan fingerprint density at radius 3 is 0.750 bits per heavy atom. The van der Waals surface area contributed by atoms with E-state index in [0.29, 0.717) is 35.5 Å². The highest BCUT2D eigenvalue weighted by atomic mass is 79.9. The minimum atomic E-state index is -0.0955. The summed E-state index contributed by atoms with van der Waals surface area (Å²) in [5.74, 6) is 4.11. The Morgan fingerprint density at radius 1 is 0.261 bits per heavy atom. The molecule has 476 valence electrons. The third kappa shape index (κ3) is 14.2. The first-order valence-electron chi connectivity index (χ1n) is 37.4. The number of rotatable bonds is 38. The maximum Gasteiger partial charge on any atom is 0.0221 e. The van der Waals surface area contributed by atoms with Gasteiger partial charge in [-0.3, -0.25) is 0 Å². The Balaban J connectivity index is 1.24. The number of hydrogen-bond acceptors (Lipinski definition) is 0. The van der Waals surface area contributed by atoms with E-state index in [1.165, 1.54) is 253 Å². The second-order valence-electron chi connectivity index (χ2n) is 29.2. The summed E-state index contributed by atoms with van der Waals surface area (Å²) in [4.78, 5) is 0. The van der Waals surface area contributed by atoms with Crippen molar-refractivity contribution in [3.8, 4) is 55.6 Å². The fourth-order valence-electron chi connectivity index (χ4n) is 18.3. The topological polar surface area (TPSA) is 0 Å². The molecule has 0 radical (unpaired) electrons. The first-order chi connectivity index (χ1) is 42.9. The van der Waals surface area contributed by atoms with Crippen molar-refractivity contribution in [2.75, 3.05) is 0 Å². The summed E-state index contributed by atoms with van der Waals surface area (Å²) >= 11 is 4.06. The Labute approximate surface area is 548 Å². The van der Waals surface area contributed by atoms with E-state index in [2.05, 4.69) is 214 Å². The Morgan fingerprint density at radius 2 is 0.489 bits per heavy atom. The third-order valence-electron chi connectivity index (χ3n) is 23.7. The first-order valence-corrected chi connectivity index (χ1v) is 38.2. The van der Waals surface area contributed by atoms with Gasteiger partial charge in [-0.25, -0.2) is 0 Å². The molecule has 6 aromatic carbocycles. The Bertz CT molecular complexity index is 3110. The van der Waals surface area contributed by atoms with E-state index in [9.17, 15) is 0 Å². The smallest absolute Gasteiger partial charge is 0.0221 e. The van der Waals surface area contributed by atoms with Gasteiger partial charge in [-0.2, -0.15) is 0 Å². The van der Waals surface area contributed by atoms with Crippen LogP contribution in [0.2, 0.25) is 0 Å². The van der Waals surface area contributed by atoms with E-state index in [-0.39, 0.29) is 16.2 Å². The van der Waals surface area contributed by atoms with Gasteiger partial charge in [-0.1, -0.05) is 332 Å². The van der Waals surface area contributed by atoms with Gasteiger partial charge in [-0.05, 0) is 199 Å². The van der Waals surface area contributed by atoms with Crippen LogP contribution >= 0.6 is 15.9 Å². The lowest BCUT2D eigenvalue weighted by atomic mass is 9.64. The molecule has 88 heavy (non-hydrogen) atoms. The second kappa shape index (κ2) is 31.9. The molecule has 6 unspecified atom stereocenters. The predicted octanol–water partition coefficient (Wildman–Crippen LogP) is 28.2. The van der Waals surface area contributed by atoms with Crippen LogP contribution in [0.3, 0.4) is 0 Å². The molecule has 6 aromatic rings. The van der Waals surface area contributed by atoms with Crippen LogP contribution < -0.4 is 0 Å². The lowest BCUT2D eigenvalue weighted by Crippen LogP contribution is -2.32. The van der Waals surface area contributed by atoms with Crippen LogP contribution in [-0.4, -0.2) is 0 Å². The first kappa shape index (κ1) is 68.2. The van der Waals surface area contributed by atoms with Crippen LogP contribution in [0.4, 0.5) is 0 Å². The zero-order chi connectivity index (χ0) is 62.4. The summed E-state index contributed by atoms with van der Waals surface area (Å²) in [5.41, 5.74) is 24.2. The van der Waals surface area contributed by atoms with E-state index < -0.39 is 0 Å². The molecule has 6 atom stereocenters. The fraction of sp³-hybridized carbons (Fsp3) is 0.586. The summed E-state index contributed by atoms with van der Waals surface area (Å²) in [6.07, 6.45) is 38.3. The molecule has 0 saturated carbocycles. The summed E-state index contributed by atoms with van der Waals surface area (Å²) in [6, 6.07) is 48.7. The van der Waals surface area contributed by atoms with Crippen molar-refractivity contribution in [1.82, 2.24) is 0 Å². The molecule has 0 heterocycles. The van der Waals surface area contributed by atoms with Crippen LogP contribution in [0.1, 0.15) is 309 Å². The molecule has 9 rings (SSSR count). The molecule has 1 heteroatoms. The van der Waals surface area contributed by atoms with Crippen molar-refractivity contribution < 1.29 is 0 Å². The van der Waals surface area contributed by atoms with Crippen LogP contribution in [0.15, 0.2) is 120 Å². The minimum absolute atomic E-state index is 0.00945. The maximum absolute atomic E-state index is 4.06. The molecule has 3 aliphatic carbocycles. The van der Waals surface area contributed by atoms with Crippen molar-refractivity contribution >= 4 is 15.9 Å². The lowest BCUT2D eigenvalue weighted by molar-refractivity contribution is 0.265. The highest BCUT2D eigenvalue weighted by molar-refractivity contribution is 9.10. The fourth-order valence-corrected chi connectivity index (χ4v) is 18.7. The number of benzene rings is 6. The second-order valence-corrected chi connectivity index (χ2v) is 30.2. The van der Waals surface area contributed by atoms with E-state index >= 15 is 0 Å². The van der Waals surface area contributed by atoms with E-state index in [1.807, 2.05) is 0 Å². The van der Waals surface area contributed by atoms with Crippen molar-refractivity contribution in [3.05, 3.63) is 153 Å². The molecule has 0 amide bonds. The molecule has 0 nitrogen and oxygen atoms in total. The van der Waals surface area contributed by atoms with E-state index in [1.54, 1.807) is 33.4 Å². The zero-order valence-corrected chi connectivity index (χ0v) is 59.6. The van der Waals surface area contributed by atoms with Gasteiger partial charge in [0.05, 0.1) is 0 Å². The number of halogens is 1. The zero-order valence-electron chi connectivity index (χ0n) is 58.0. The van der Waals surface area contributed by atoms with Gasteiger partial charge in [-0.15, -0.1) is 0 Å². The van der Waals surface area contributed by atoms with Gasteiger partial charge >= 0.3 is 0 Å². The molecular weight excluding hydrogens is 1120 g/mol. The van der Waals surface area contributed by atoms with Gasteiger partial charge in [0.25, 0.3) is 0 Å². The highest BCUT2D eigenvalue weighted by Crippen LogP contribution is 2.62. The lowest BCUT2D eigenvalue weighted by Gasteiger charge is -2.39. The summed E-state index contributed by atoms with van der Waals surface area (Å²) < 4.78 is 1.22. The van der Waals surface area contributed by atoms with Gasteiger partial charge in [0.2, 0.25) is 0 Å². The van der Waals surface area contributed by atoms with E-state index in [0.717, 1.165) is 0 Å². The number of unbranched alkanes of at least 4 members (excludes halogenated alkanes) is 6. The average molecular weight is 1250 g/mol. The normalized spacial score (nSPS) is 20.0. The quantitative estimate of drug-likeness (QED) is 0.0362. The minimum Gasteiger partial charge on any atom is -0.0654 e. The van der Waals surface area contributed by atoms with Gasteiger partial charge < -0.3 is 0 Å². The third-order valence-corrected chi connectivity index (χ3v) is 24.2. The average Bonchev–Trinajstić information content (AvgIpc) is 1.60. The highest BCUT2D eigenvalue weighted by Gasteiger charge is 2.49. The summed E-state index contributed by atoms with van der Waals surface area (Å²) in [5, 5.41) is 0. The van der Waals surface area contributed by atoms with Gasteiger partial charge in [0, 0.05) is 20.7 Å². The predicted molar refractivity (Wildman–Crippen MR) is 391 cm³/mol. The van der Waals surface area contributed by atoms with E-state index in [4.69, 9.17) is 0 Å². The van der Waals surface area contributed by atoms with Gasteiger partial charge in [0.1, 0.15) is 0 Å². The van der Waals surface area contributed by atoms with Crippen LogP contribution in [0.25, 0.3) is 55.6 Å². The van der Waals surface area contributed by atoms with Crippen molar-refractivity contribution in [2.45, 2.75) is 292 Å². The standard InChI is InChI=1S/C87H121Br/c1-13-25-33-62(19-7)56-85(57-63(20-8)34-26-14-2)79-40-32-31-39-73(79)74-46-41-68(51-80(74)85)69-42-47-75-76-48-43-70(53-82(76)86(81(75)52-69,58-64(21-9)35-27-15-3)59-65(22-10)36-28-16-4)71-44-49-77-78-50-45-72(88)55-84(78)87(83(77)54-71,60-66(23-11)37-29-17-5)61-67(24-12)38-30-18-6/h31-32,39-55,62-67H,13-30,33-38,56-61H2,1-12H3. The van der Waals surface area contributed by atoms with Crippen molar-refractivity contribution in [1.29, 1.82) is 0 Å².